The van der Waals surface area contributed by atoms with Crippen molar-refractivity contribution in [1.82, 2.24) is 4.90 Å². The van der Waals surface area contributed by atoms with E-state index in [1.165, 1.54) is 25.3 Å². The molecule has 2 N–H and O–H groups in total. The number of methoxy groups -OCH3 is 1. The van der Waals surface area contributed by atoms with Gasteiger partial charge in [-0.2, -0.15) is 0 Å². The van der Waals surface area contributed by atoms with Gasteiger partial charge in [-0.3, -0.25) is 14.9 Å². The molecule has 1 aliphatic heterocycles. The molecule has 0 radical (unpaired) electrons. The minimum atomic E-state index is -0.529. The van der Waals surface area contributed by atoms with Crippen molar-refractivity contribution in [3.63, 3.8) is 0 Å². The van der Waals surface area contributed by atoms with Crippen LogP contribution in [0.5, 0.6) is 5.75 Å². The molecule has 1 amide bonds. The molecule has 0 spiro atoms. The molecular weight excluding hydrogens is 322 g/mol. The summed E-state index contributed by atoms with van der Waals surface area (Å²) >= 11 is 0. The van der Waals surface area contributed by atoms with Gasteiger partial charge in [-0.25, -0.2) is 0 Å². The Morgan fingerprint density at radius 1 is 1.24 bits per heavy atom. The molecule has 7 nitrogen and oxygen atoms in total. The van der Waals surface area contributed by atoms with Crippen molar-refractivity contribution in [2.24, 2.45) is 5.73 Å². The van der Waals surface area contributed by atoms with Gasteiger partial charge in [0.1, 0.15) is 5.75 Å². The van der Waals surface area contributed by atoms with Crippen LogP contribution < -0.4 is 10.5 Å². The zero-order chi connectivity index (χ0) is 18.0. The molecule has 1 fully saturated rings. The van der Waals surface area contributed by atoms with Crippen molar-refractivity contribution in [2.75, 3.05) is 20.2 Å². The van der Waals surface area contributed by atoms with Gasteiger partial charge in [0.05, 0.1) is 17.6 Å². The van der Waals surface area contributed by atoms with Gasteiger partial charge in [-0.05, 0) is 11.6 Å². The number of carbonyl (C=O) groups excluding carboxylic acids is 1. The SMILES string of the molecule is COc1ccc([N+](=O)[O-])cc1C(=O)N1C[C@@H](N)[C@H](c2ccccc2)C1. The number of non-ortho nitro benzene ring substituents is 1. The minimum absolute atomic E-state index is 0.0369. The van der Waals surface area contributed by atoms with E-state index in [-0.39, 0.29) is 29.1 Å². The Morgan fingerprint density at radius 3 is 2.60 bits per heavy atom. The third-order valence-electron chi connectivity index (χ3n) is 4.50. The Kier molecular flexibility index (Phi) is 4.67. The fraction of sp³-hybridized carbons (Fsp3) is 0.278. The highest BCUT2D eigenvalue weighted by Crippen LogP contribution is 2.30. The lowest BCUT2D eigenvalue weighted by molar-refractivity contribution is -0.384. The van der Waals surface area contributed by atoms with Crippen LogP contribution in [-0.4, -0.2) is 42.0 Å². The normalized spacial score (nSPS) is 19.7. The Balaban J connectivity index is 1.87. The third kappa shape index (κ3) is 3.32. The fourth-order valence-electron chi connectivity index (χ4n) is 3.19. The largest absolute Gasteiger partial charge is 0.496 e. The molecule has 2 aromatic rings. The van der Waals surface area contributed by atoms with E-state index in [0.717, 1.165) is 5.56 Å². The van der Waals surface area contributed by atoms with Crippen LogP contribution in [-0.2, 0) is 0 Å². The lowest BCUT2D eigenvalue weighted by atomic mass is 9.95. The summed E-state index contributed by atoms with van der Waals surface area (Å²) in [4.78, 5) is 25.0. The molecule has 1 saturated heterocycles. The van der Waals surface area contributed by atoms with E-state index < -0.39 is 4.92 Å². The van der Waals surface area contributed by atoms with Crippen LogP contribution in [0, 0.1) is 10.1 Å². The van der Waals surface area contributed by atoms with Gasteiger partial charge in [-0.1, -0.05) is 30.3 Å². The number of rotatable bonds is 4. The highest BCUT2D eigenvalue weighted by molar-refractivity contribution is 5.98. The second-order valence-corrected chi connectivity index (χ2v) is 6.03. The van der Waals surface area contributed by atoms with Crippen molar-refractivity contribution in [3.8, 4) is 5.75 Å². The molecule has 2 atom stereocenters. The average molecular weight is 341 g/mol. The Hall–Kier alpha value is -2.93. The van der Waals surface area contributed by atoms with Gasteiger partial charge in [-0.15, -0.1) is 0 Å². The number of hydrogen-bond acceptors (Lipinski definition) is 5. The first-order valence-electron chi connectivity index (χ1n) is 7.93. The second kappa shape index (κ2) is 6.90. The zero-order valence-corrected chi connectivity index (χ0v) is 13.8. The first-order valence-corrected chi connectivity index (χ1v) is 7.93. The highest BCUT2D eigenvalue weighted by Gasteiger charge is 2.35. The van der Waals surface area contributed by atoms with Crippen LogP contribution in [0.15, 0.2) is 48.5 Å². The third-order valence-corrected chi connectivity index (χ3v) is 4.50. The molecule has 0 bridgehead atoms. The lowest BCUT2D eigenvalue weighted by Crippen LogP contribution is -2.32. The average Bonchev–Trinajstić information content (AvgIpc) is 3.03. The molecule has 2 aromatic carbocycles. The molecule has 0 unspecified atom stereocenters. The quantitative estimate of drug-likeness (QED) is 0.679. The maximum absolute atomic E-state index is 12.9. The van der Waals surface area contributed by atoms with E-state index >= 15 is 0 Å². The predicted molar refractivity (Wildman–Crippen MR) is 92.7 cm³/mol. The molecule has 1 heterocycles. The van der Waals surface area contributed by atoms with E-state index in [1.54, 1.807) is 4.90 Å². The van der Waals surface area contributed by atoms with E-state index in [2.05, 4.69) is 0 Å². The lowest BCUT2D eigenvalue weighted by Gasteiger charge is -2.18. The minimum Gasteiger partial charge on any atom is -0.496 e. The molecule has 3 rings (SSSR count). The summed E-state index contributed by atoms with van der Waals surface area (Å²) in [6.45, 7) is 0.861. The number of nitro groups is 1. The van der Waals surface area contributed by atoms with E-state index in [1.807, 2.05) is 30.3 Å². The van der Waals surface area contributed by atoms with Crippen LogP contribution >= 0.6 is 0 Å². The number of nitro benzene ring substituents is 1. The second-order valence-electron chi connectivity index (χ2n) is 6.03. The summed E-state index contributed by atoms with van der Waals surface area (Å²) in [5.74, 6) is 0.0385. The highest BCUT2D eigenvalue weighted by atomic mass is 16.6. The summed E-state index contributed by atoms with van der Waals surface area (Å²) in [6.07, 6.45) is 0. The van der Waals surface area contributed by atoms with Crippen molar-refractivity contribution >= 4 is 11.6 Å². The summed E-state index contributed by atoms with van der Waals surface area (Å²) in [5.41, 5.74) is 7.34. The van der Waals surface area contributed by atoms with Gasteiger partial charge < -0.3 is 15.4 Å². The Morgan fingerprint density at radius 2 is 1.96 bits per heavy atom. The van der Waals surface area contributed by atoms with Crippen LogP contribution in [0.3, 0.4) is 0 Å². The number of carbonyl (C=O) groups is 1. The first kappa shape index (κ1) is 16.9. The van der Waals surface area contributed by atoms with Crippen molar-refractivity contribution in [1.29, 1.82) is 0 Å². The topological polar surface area (TPSA) is 98.7 Å². The fourth-order valence-corrected chi connectivity index (χ4v) is 3.19. The molecule has 130 valence electrons. The van der Waals surface area contributed by atoms with Gasteiger partial charge >= 0.3 is 0 Å². The smallest absolute Gasteiger partial charge is 0.270 e. The maximum Gasteiger partial charge on any atom is 0.270 e. The molecule has 0 aromatic heterocycles. The van der Waals surface area contributed by atoms with Gasteiger partial charge in [0, 0.05) is 37.2 Å². The molecular formula is C18H19N3O4. The number of benzene rings is 2. The van der Waals surface area contributed by atoms with Crippen LogP contribution in [0.4, 0.5) is 5.69 Å². The van der Waals surface area contributed by atoms with E-state index in [4.69, 9.17) is 10.5 Å². The maximum atomic E-state index is 12.9. The summed E-state index contributed by atoms with van der Waals surface area (Å²) in [7, 11) is 1.43. The molecule has 0 aliphatic carbocycles. The summed E-state index contributed by atoms with van der Waals surface area (Å²) in [6, 6.07) is 13.6. The van der Waals surface area contributed by atoms with Crippen LogP contribution in [0.1, 0.15) is 21.8 Å². The standard InChI is InChI=1S/C18H19N3O4/c1-25-17-8-7-13(21(23)24)9-14(17)18(22)20-10-15(16(19)11-20)12-5-3-2-4-6-12/h2-9,15-16H,10-11,19H2,1H3/t15-,16+/m0/s1. The number of nitrogens with two attached hydrogens (primary N) is 1. The van der Waals surface area contributed by atoms with Crippen molar-refractivity contribution < 1.29 is 14.5 Å². The first-order chi connectivity index (χ1) is 12.0. The van der Waals surface area contributed by atoms with Crippen molar-refractivity contribution in [3.05, 3.63) is 69.8 Å². The number of hydrogen-bond donors (Lipinski definition) is 1. The molecule has 1 aliphatic rings. The Bertz CT molecular complexity index is 794. The Labute approximate surface area is 145 Å². The number of nitrogens with zero attached hydrogens (tertiary/aromatic N) is 2. The number of amides is 1. The predicted octanol–water partition coefficient (Wildman–Crippen LogP) is 2.17. The van der Waals surface area contributed by atoms with Gasteiger partial charge in [0.2, 0.25) is 0 Å². The van der Waals surface area contributed by atoms with Crippen LogP contribution in [0.25, 0.3) is 0 Å². The van der Waals surface area contributed by atoms with Crippen LogP contribution in [0.2, 0.25) is 0 Å². The van der Waals surface area contributed by atoms with Crippen molar-refractivity contribution in [2.45, 2.75) is 12.0 Å². The van der Waals surface area contributed by atoms with Gasteiger partial charge in [0.25, 0.3) is 11.6 Å². The van der Waals surface area contributed by atoms with Gasteiger partial charge in [0.15, 0.2) is 0 Å². The number of likely N-dealkylation sites (tertiary alicyclic amines) is 1. The summed E-state index contributed by atoms with van der Waals surface area (Å²) in [5, 5.41) is 11.0. The zero-order valence-electron chi connectivity index (χ0n) is 13.8. The van der Waals surface area contributed by atoms with E-state index in [9.17, 15) is 14.9 Å². The molecule has 7 heteroatoms. The monoisotopic (exact) mass is 341 g/mol. The summed E-state index contributed by atoms with van der Waals surface area (Å²) < 4.78 is 5.20. The molecule has 25 heavy (non-hydrogen) atoms. The molecule has 0 saturated carbocycles. The number of ether oxygens (including phenoxy) is 1. The van der Waals surface area contributed by atoms with E-state index in [0.29, 0.717) is 18.8 Å².